The first kappa shape index (κ1) is 21.1. The third-order valence-corrected chi connectivity index (χ3v) is 3.97. The van der Waals surface area contributed by atoms with Gasteiger partial charge in [-0.05, 0) is 37.1 Å². The first-order valence-corrected chi connectivity index (χ1v) is 9.18. The van der Waals surface area contributed by atoms with Crippen molar-refractivity contribution in [2.45, 2.75) is 13.3 Å². The molecule has 146 valence electrons. The van der Waals surface area contributed by atoms with Gasteiger partial charge >= 0.3 is 0 Å². The second kappa shape index (κ2) is 11.5. The van der Waals surface area contributed by atoms with Crippen molar-refractivity contribution >= 4 is 17.9 Å². The number of hydrogen-bond acceptors (Lipinski definition) is 3. The number of carbonyl (C=O) groups excluding carboxylic acids is 2. The van der Waals surface area contributed by atoms with Crippen LogP contribution in [0.1, 0.15) is 27.9 Å². The van der Waals surface area contributed by atoms with Crippen LogP contribution in [0.25, 0.3) is 6.08 Å². The van der Waals surface area contributed by atoms with Gasteiger partial charge in [-0.3, -0.25) is 9.59 Å². The van der Waals surface area contributed by atoms with Gasteiger partial charge in [0.05, 0.1) is 0 Å². The molecule has 0 aliphatic rings. The van der Waals surface area contributed by atoms with Crippen molar-refractivity contribution in [3.63, 3.8) is 0 Å². The van der Waals surface area contributed by atoms with Gasteiger partial charge in [-0.2, -0.15) is 0 Å². The van der Waals surface area contributed by atoms with Crippen molar-refractivity contribution < 1.29 is 14.3 Å². The number of rotatable bonds is 9. The summed E-state index contributed by atoms with van der Waals surface area (Å²) in [4.78, 5) is 25.0. The largest absolute Gasteiger partial charge is 0.385 e. The van der Waals surface area contributed by atoms with E-state index in [1.165, 1.54) is 0 Å². The molecule has 5 heteroatoms. The topological polar surface area (TPSA) is 67.4 Å². The van der Waals surface area contributed by atoms with E-state index >= 15 is 0 Å². The molecule has 0 unspecified atom stereocenters. The Hall–Kier alpha value is -3.18. The quantitative estimate of drug-likeness (QED) is 0.399. The monoisotopic (exact) mass is 378 g/mol. The van der Waals surface area contributed by atoms with Gasteiger partial charge in [-0.1, -0.05) is 60.2 Å². The van der Waals surface area contributed by atoms with E-state index in [0.717, 1.165) is 11.1 Å². The van der Waals surface area contributed by atoms with E-state index in [1.54, 1.807) is 31.4 Å². The third kappa shape index (κ3) is 7.21. The summed E-state index contributed by atoms with van der Waals surface area (Å²) in [5.41, 5.74) is 2.75. The van der Waals surface area contributed by atoms with Crippen molar-refractivity contribution in [1.29, 1.82) is 0 Å². The highest BCUT2D eigenvalue weighted by Crippen LogP contribution is 2.06. The fraction of sp³-hybridized carbons (Fsp3) is 0.217. The van der Waals surface area contributed by atoms with Crippen LogP contribution in [0, 0.1) is 6.92 Å². The van der Waals surface area contributed by atoms with Crippen LogP contribution in [0.15, 0.2) is 72.4 Å². The van der Waals surface area contributed by atoms with E-state index in [0.29, 0.717) is 25.1 Å². The molecule has 28 heavy (non-hydrogen) atoms. The van der Waals surface area contributed by atoms with Crippen LogP contribution in [0.4, 0.5) is 0 Å². The number of aryl methyl sites for hydroxylation is 1. The highest BCUT2D eigenvalue weighted by molar-refractivity contribution is 6.03. The number of benzene rings is 2. The number of ether oxygens (including phenoxy) is 1. The number of methoxy groups -OCH3 is 1. The van der Waals surface area contributed by atoms with Gasteiger partial charge in [0, 0.05) is 25.8 Å². The molecular weight excluding hydrogens is 352 g/mol. The number of allylic oxidation sites excluding steroid dienone is 2. The normalized spacial score (nSPS) is 11.4. The number of carbonyl (C=O) groups is 2. The van der Waals surface area contributed by atoms with Gasteiger partial charge in [0.1, 0.15) is 5.70 Å². The summed E-state index contributed by atoms with van der Waals surface area (Å²) in [6, 6.07) is 16.9. The standard InChI is InChI=1S/C23H26N2O3/c1-18-12-14-20(15-13-18)22(26)25-21(23(27)24-16-7-17-28-2)11-6-10-19-8-4-3-5-9-19/h3-6,8-15H,7,16-17H2,1-2H3,(H,24,27)(H,25,26)/b10-6+,21-11-. The Balaban J connectivity index is 2.11. The zero-order valence-corrected chi connectivity index (χ0v) is 16.3. The number of amides is 2. The average Bonchev–Trinajstić information content (AvgIpc) is 2.71. The van der Waals surface area contributed by atoms with Crippen LogP contribution >= 0.6 is 0 Å². The SMILES string of the molecule is COCCCNC(=O)/C(=C/C=C/c1ccccc1)NC(=O)c1ccc(C)cc1. The molecular formula is C23H26N2O3. The molecule has 2 amide bonds. The van der Waals surface area contributed by atoms with Crippen LogP contribution in [-0.2, 0) is 9.53 Å². The van der Waals surface area contributed by atoms with E-state index in [-0.39, 0.29) is 17.5 Å². The van der Waals surface area contributed by atoms with E-state index in [1.807, 2.05) is 55.5 Å². The molecule has 0 heterocycles. The van der Waals surface area contributed by atoms with Gasteiger partial charge in [-0.25, -0.2) is 0 Å². The lowest BCUT2D eigenvalue weighted by molar-refractivity contribution is -0.117. The molecule has 0 bridgehead atoms. The molecule has 2 rings (SSSR count). The smallest absolute Gasteiger partial charge is 0.267 e. The van der Waals surface area contributed by atoms with Gasteiger partial charge in [0.2, 0.25) is 0 Å². The van der Waals surface area contributed by atoms with E-state index in [2.05, 4.69) is 10.6 Å². The molecule has 2 aromatic carbocycles. The van der Waals surface area contributed by atoms with Gasteiger partial charge < -0.3 is 15.4 Å². The Morgan fingerprint density at radius 3 is 2.43 bits per heavy atom. The lowest BCUT2D eigenvalue weighted by Crippen LogP contribution is -2.35. The lowest BCUT2D eigenvalue weighted by Gasteiger charge is -2.10. The van der Waals surface area contributed by atoms with Crippen LogP contribution in [0.5, 0.6) is 0 Å². The lowest BCUT2D eigenvalue weighted by atomic mass is 10.1. The predicted molar refractivity (Wildman–Crippen MR) is 112 cm³/mol. The van der Waals surface area contributed by atoms with Gasteiger partial charge in [-0.15, -0.1) is 0 Å². The van der Waals surface area contributed by atoms with Crippen molar-refractivity contribution in [2.75, 3.05) is 20.3 Å². The number of nitrogens with one attached hydrogen (secondary N) is 2. The molecule has 0 radical (unpaired) electrons. The summed E-state index contributed by atoms with van der Waals surface area (Å²) >= 11 is 0. The second-order valence-electron chi connectivity index (χ2n) is 6.27. The molecule has 0 saturated carbocycles. The summed E-state index contributed by atoms with van der Waals surface area (Å²) in [5.74, 6) is -0.666. The first-order valence-electron chi connectivity index (χ1n) is 9.18. The molecule has 2 aromatic rings. The Kier molecular flexibility index (Phi) is 8.69. The second-order valence-corrected chi connectivity index (χ2v) is 6.27. The first-order chi connectivity index (χ1) is 13.6. The van der Waals surface area contributed by atoms with Crippen molar-refractivity contribution in [3.8, 4) is 0 Å². The molecule has 0 atom stereocenters. The molecule has 0 spiro atoms. The van der Waals surface area contributed by atoms with Crippen molar-refractivity contribution in [2.24, 2.45) is 0 Å². The highest BCUT2D eigenvalue weighted by atomic mass is 16.5. The van der Waals surface area contributed by atoms with Crippen LogP contribution in [0.2, 0.25) is 0 Å². The van der Waals surface area contributed by atoms with Gasteiger partial charge in [0.15, 0.2) is 0 Å². The maximum atomic E-state index is 12.5. The molecule has 0 aliphatic heterocycles. The summed E-state index contributed by atoms with van der Waals surface area (Å²) < 4.78 is 4.98. The summed E-state index contributed by atoms with van der Waals surface area (Å²) in [7, 11) is 1.61. The Morgan fingerprint density at radius 1 is 1.04 bits per heavy atom. The maximum Gasteiger partial charge on any atom is 0.267 e. The fourth-order valence-corrected chi connectivity index (χ4v) is 2.41. The molecule has 0 aromatic heterocycles. The summed E-state index contributed by atoms with van der Waals surface area (Å²) in [5, 5.41) is 5.50. The minimum atomic E-state index is -0.339. The molecule has 0 fully saturated rings. The fourth-order valence-electron chi connectivity index (χ4n) is 2.41. The Labute approximate surface area is 166 Å². The van der Waals surface area contributed by atoms with Crippen molar-refractivity contribution in [3.05, 3.63) is 89.1 Å². The zero-order valence-electron chi connectivity index (χ0n) is 16.3. The van der Waals surface area contributed by atoms with Crippen LogP contribution < -0.4 is 10.6 Å². The predicted octanol–water partition coefficient (Wildman–Crippen LogP) is 3.47. The van der Waals surface area contributed by atoms with Crippen LogP contribution in [0.3, 0.4) is 0 Å². The Morgan fingerprint density at radius 2 is 1.75 bits per heavy atom. The maximum absolute atomic E-state index is 12.5. The molecule has 0 aliphatic carbocycles. The third-order valence-electron chi connectivity index (χ3n) is 3.97. The van der Waals surface area contributed by atoms with Crippen LogP contribution in [-0.4, -0.2) is 32.1 Å². The zero-order chi connectivity index (χ0) is 20.2. The van der Waals surface area contributed by atoms with Gasteiger partial charge in [0.25, 0.3) is 11.8 Å². The molecule has 2 N–H and O–H groups in total. The van der Waals surface area contributed by atoms with E-state index < -0.39 is 0 Å². The average molecular weight is 378 g/mol. The number of hydrogen-bond donors (Lipinski definition) is 2. The van der Waals surface area contributed by atoms with E-state index in [9.17, 15) is 9.59 Å². The summed E-state index contributed by atoms with van der Waals surface area (Å²) in [6.45, 7) is 2.98. The molecule has 5 nitrogen and oxygen atoms in total. The summed E-state index contributed by atoms with van der Waals surface area (Å²) in [6.07, 6.45) is 5.91. The van der Waals surface area contributed by atoms with Crippen molar-refractivity contribution in [1.82, 2.24) is 10.6 Å². The minimum Gasteiger partial charge on any atom is -0.385 e. The Bertz CT molecular complexity index is 825. The highest BCUT2D eigenvalue weighted by Gasteiger charge is 2.13. The van der Waals surface area contributed by atoms with E-state index in [4.69, 9.17) is 4.74 Å². The minimum absolute atomic E-state index is 0.190. The molecule has 0 saturated heterocycles.